The van der Waals surface area contributed by atoms with Crippen molar-refractivity contribution in [2.45, 2.75) is 5.22 Å². The second-order valence-corrected chi connectivity index (χ2v) is 7.67. The van der Waals surface area contributed by atoms with Gasteiger partial charge in [-0.1, -0.05) is 65.3 Å². The van der Waals surface area contributed by atoms with Crippen LogP contribution in [0.1, 0.15) is 0 Å². The highest BCUT2D eigenvalue weighted by Crippen LogP contribution is 2.31. The van der Waals surface area contributed by atoms with Crippen LogP contribution >= 0.6 is 35.0 Å². The van der Waals surface area contributed by atoms with Crippen LogP contribution in [0.2, 0.25) is 10.0 Å². The van der Waals surface area contributed by atoms with Gasteiger partial charge in [-0.2, -0.15) is 0 Å². The molecule has 0 fully saturated rings. The molecule has 1 heterocycles. The number of halogens is 2. The van der Waals surface area contributed by atoms with Gasteiger partial charge in [0.25, 0.3) is 5.22 Å². The Kier molecular flexibility index (Phi) is 5.52. The number of fused-ring (bicyclic) bond motifs is 1. The highest BCUT2D eigenvalue weighted by molar-refractivity contribution is 7.99. The fraction of sp³-hybridized carbons (Fsp3) is 0.0500. The molecule has 0 saturated carbocycles. The van der Waals surface area contributed by atoms with Crippen LogP contribution in [0, 0.1) is 0 Å². The number of nitrogens with one attached hydrogen (secondary N) is 1. The van der Waals surface area contributed by atoms with Crippen LogP contribution in [0.3, 0.4) is 0 Å². The number of aromatic nitrogens is 2. The summed E-state index contributed by atoms with van der Waals surface area (Å²) in [6, 6.07) is 18.7. The molecule has 4 rings (SSSR count). The summed E-state index contributed by atoms with van der Waals surface area (Å²) in [5.74, 6) is 0.256. The zero-order valence-electron chi connectivity index (χ0n) is 14.4. The molecule has 1 amide bonds. The Morgan fingerprint density at radius 2 is 1.82 bits per heavy atom. The molecule has 4 aromatic rings. The lowest BCUT2D eigenvalue weighted by Gasteiger charge is -2.05. The molecule has 5 nitrogen and oxygen atoms in total. The van der Waals surface area contributed by atoms with Crippen molar-refractivity contribution in [2.75, 3.05) is 11.1 Å². The third kappa shape index (κ3) is 4.30. The maximum atomic E-state index is 12.2. The molecule has 0 aliphatic carbocycles. The molecule has 0 atom stereocenters. The van der Waals surface area contributed by atoms with Gasteiger partial charge in [0.05, 0.1) is 16.3 Å². The molecule has 0 aliphatic rings. The molecule has 28 heavy (non-hydrogen) atoms. The van der Waals surface area contributed by atoms with Gasteiger partial charge in [-0.05, 0) is 41.1 Å². The number of nitrogens with zero attached hydrogens (tertiary/aromatic N) is 2. The quantitative estimate of drug-likeness (QED) is 0.398. The number of carbonyl (C=O) groups is 1. The largest absolute Gasteiger partial charge is 0.411 e. The van der Waals surface area contributed by atoms with Gasteiger partial charge < -0.3 is 9.73 Å². The minimum Gasteiger partial charge on any atom is -0.411 e. The monoisotopic (exact) mass is 429 g/mol. The van der Waals surface area contributed by atoms with Crippen LogP contribution in [0.15, 0.2) is 70.3 Å². The standard InChI is InChI=1S/C20H13Cl2N3O2S/c21-14-6-8-16(17(22)10-14)19-24-25-20(27-19)28-11-18(26)23-15-7-5-12-3-1-2-4-13(12)9-15/h1-10H,11H2,(H,23,26). The number of carbonyl (C=O) groups excluding carboxylic acids is 1. The van der Waals surface area contributed by atoms with E-state index in [0.29, 0.717) is 15.6 Å². The lowest BCUT2D eigenvalue weighted by atomic mass is 10.1. The van der Waals surface area contributed by atoms with E-state index in [-0.39, 0.29) is 22.8 Å². The highest BCUT2D eigenvalue weighted by atomic mass is 35.5. The van der Waals surface area contributed by atoms with Crippen molar-refractivity contribution < 1.29 is 9.21 Å². The Balaban J connectivity index is 1.39. The highest BCUT2D eigenvalue weighted by Gasteiger charge is 2.14. The number of anilines is 1. The van der Waals surface area contributed by atoms with E-state index >= 15 is 0 Å². The SMILES string of the molecule is O=C(CSc1nnc(-c2ccc(Cl)cc2Cl)o1)Nc1ccc2ccccc2c1. The van der Waals surface area contributed by atoms with E-state index in [4.69, 9.17) is 27.6 Å². The Bertz CT molecular complexity index is 1160. The van der Waals surface area contributed by atoms with Crippen LogP contribution in [0.25, 0.3) is 22.2 Å². The Hall–Kier alpha value is -2.54. The molecule has 0 bridgehead atoms. The fourth-order valence-electron chi connectivity index (χ4n) is 2.63. The Morgan fingerprint density at radius 1 is 1.00 bits per heavy atom. The van der Waals surface area contributed by atoms with Gasteiger partial charge in [0.1, 0.15) is 0 Å². The minimum atomic E-state index is -0.162. The Labute approximate surface area is 175 Å². The number of hydrogen-bond donors (Lipinski definition) is 1. The fourth-order valence-corrected chi connectivity index (χ4v) is 3.68. The van der Waals surface area contributed by atoms with Gasteiger partial charge in [-0.15, -0.1) is 10.2 Å². The van der Waals surface area contributed by atoms with E-state index in [9.17, 15) is 4.79 Å². The summed E-state index contributed by atoms with van der Waals surface area (Å²) in [5.41, 5.74) is 1.33. The second kappa shape index (κ2) is 8.22. The predicted molar refractivity (Wildman–Crippen MR) is 113 cm³/mol. The van der Waals surface area contributed by atoms with Crippen LogP contribution in [0.4, 0.5) is 5.69 Å². The molecule has 1 aromatic heterocycles. The first kappa shape index (κ1) is 18.8. The Morgan fingerprint density at radius 3 is 2.64 bits per heavy atom. The smallest absolute Gasteiger partial charge is 0.277 e. The molecule has 0 radical (unpaired) electrons. The molecular weight excluding hydrogens is 417 g/mol. The van der Waals surface area contributed by atoms with E-state index in [0.717, 1.165) is 28.2 Å². The van der Waals surface area contributed by atoms with Gasteiger partial charge in [-0.3, -0.25) is 4.79 Å². The molecule has 1 N–H and O–H groups in total. The molecular formula is C20H13Cl2N3O2S. The summed E-state index contributed by atoms with van der Waals surface area (Å²) >= 11 is 13.2. The van der Waals surface area contributed by atoms with Crippen LogP contribution < -0.4 is 5.32 Å². The summed E-state index contributed by atoms with van der Waals surface area (Å²) in [7, 11) is 0. The number of thioether (sulfide) groups is 1. The summed E-state index contributed by atoms with van der Waals surface area (Å²) in [6.07, 6.45) is 0. The molecule has 8 heteroatoms. The third-order valence-electron chi connectivity index (χ3n) is 3.93. The first-order valence-corrected chi connectivity index (χ1v) is 10.0. The summed E-state index contributed by atoms with van der Waals surface area (Å²) in [6.45, 7) is 0. The molecule has 0 unspecified atom stereocenters. The number of hydrogen-bond acceptors (Lipinski definition) is 5. The summed E-state index contributed by atoms with van der Waals surface area (Å²) in [5, 5.41) is 14.2. The van der Waals surface area contributed by atoms with Crippen molar-refractivity contribution >= 4 is 57.3 Å². The minimum absolute atomic E-state index is 0.142. The van der Waals surface area contributed by atoms with Gasteiger partial charge in [0, 0.05) is 10.7 Å². The van der Waals surface area contributed by atoms with Crippen molar-refractivity contribution in [2.24, 2.45) is 0 Å². The number of amides is 1. The molecule has 0 aliphatic heterocycles. The van der Waals surface area contributed by atoms with Crippen molar-refractivity contribution in [3.63, 3.8) is 0 Å². The van der Waals surface area contributed by atoms with E-state index in [2.05, 4.69) is 15.5 Å². The van der Waals surface area contributed by atoms with E-state index in [1.807, 2.05) is 42.5 Å². The van der Waals surface area contributed by atoms with Crippen LogP contribution in [-0.4, -0.2) is 21.9 Å². The molecule has 0 spiro atoms. The van der Waals surface area contributed by atoms with Crippen molar-refractivity contribution in [1.29, 1.82) is 0 Å². The number of benzene rings is 3. The van der Waals surface area contributed by atoms with Crippen LogP contribution in [-0.2, 0) is 4.79 Å². The topological polar surface area (TPSA) is 68.0 Å². The second-order valence-electron chi connectivity index (χ2n) is 5.90. The van der Waals surface area contributed by atoms with Gasteiger partial charge in [-0.25, -0.2) is 0 Å². The van der Waals surface area contributed by atoms with E-state index in [1.54, 1.807) is 18.2 Å². The normalized spacial score (nSPS) is 10.9. The van der Waals surface area contributed by atoms with E-state index < -0.39 is 0 Å². The average Bonchev–Trinajstić information content (AvgIpc) is 3.15. The van der Waals surface area contributed by atoms with E-state index in [1.165, 1.54) is 0 Å². The van der Waals surface area contributed by atoms with Crippen molar-refractivity contribution in [1.82, 2.24) is 10.2 Å². The summed E-state index contributed by atoms with van der Waals surface area (Å²) < 4.78 is 5.58. The van der Waals surface area contributed by atoms with Crippen molar-refractivity contribution in [3.8, 4) is 11.5 Å². The lowest BCUT2D eigenvalue weighted by Crippen LogP contribution is -2.13. The van der Waals surface area contributed by atoms with Gasteiger partial charge in [0.15, 0.2) is 0 Å². The third-order valence-corrected chi connectivity index (χ3v) is 5.29. The van der Waals surface area contributed by atoms with Gasteiger partial charge >= 0.3 is 0 Å². The molecule has 3 aromatic carbocycles. The first-order chi connectivity index (χ1) is 13.6. The van der Waals surface area contributed by atoms with Crippen LogP contribution in [0.5, 0.6) is 0 Å². The zero-order valence-corrected chi connectivity index (χ0v) is 16.7. The number of rotatable bonds is 5. The summed E-state index contributed by atoms with van der Waals surface area (Å²) in [4.78, 5) is 12.2. The van der Waals surface area contributed by atoms with Crippen molar-refractivity contribution in [3.05, 3.63) is 70.7 Å². The van der Waals surface area contributed by atoms with Gasteiger partial charge in [0.2, 0.25) is 11.8 Å². The lowest BCUT2D eigenvalue weighted by molar-refractivity contribution is -0.113. The maximum Gasteiger partial charge on any atom is 0.277 e. The molecule has 140 valence electrons. The predicted octanol–water partition coefficient (Wildman–Crippen LogP) is 5.93. The zero-order chi connectivity index (χ0) is 19.5. The average molecular weight is 430 g/mol. The first-order valence-electron chi connectivity index (χ1n) is 8.29. The maximum absolute atomic E-state index is 12.2. The molecule has 0 saturated heterocycles.